The fourth-order valence-electron chi connectivity index (χ4n) is 2.47. The Kier molecular flexibility index (Phi) is 4.88. The molecule has 0 bridgehead atoms. The van der Waals surface area contributed by atoms with Crippen LogP contribution in [-0.4, -0.2) is 43.2 Å². The van der Waals surface area contributed by atoms with E-state index >= 15 is 0 Å². The zero-order chi connectivity index (χ0) is 18.5. The first-order chi connectivity index (χ1) is 12.6. The molecule has 0 aliphatic rings. The summed E-state index contributed by atoms with van der Waals surface area (Å²) in [6, 6.07) is 7.61. The number of nitrogens with zero attached hydrogens (tertiary/aromatic N) is 3. The largest absolute Gasteiger partial charge is 0.365 e. The van der Waals surface area contributed by atoms with Gasteiger partial charge in [-0.3, -0.25) is 19.0 Å². The summed E-state index contributed by atoms with van der Waals surface area (Å²) in [4.78, 5) is 47.1. The molecule has 0 aromatic carbocycles. The molecule has 9 heteroatoms. The van der Waals surface area contributed by atoms with E-state index in [0.29, 0.717) is 11.5 Å². The van der Waals surface area contributed by atoms with Crippen LogP contribution in [0.4, 0.5) is 0 Å². The van der Waals surface area contributed by atoms with Crippen LogP contribution in [0.1, 0.15) is 16.3 Å². The molecule has 0 radical (unpaired) electrons. The number of primary amides is 1. The van der Waals surface area contributed by atoms with E-state index < -0.39 is 23.6 Å². The lowest BCUT2D eigenvalue weighted by Crippen LogP contribution is -2.48. The van der Waals surface area contributed by atoms with Crippen molar-refractivity contribution >= 4 is 17.6 Å². The number of amides is 2. The molecule has 0 spiro atoms. The summed E-state index contributed by atoms with van der Waals surface area (Å²) in [6.45, 7) is 0. The maximum absolute atomic E-state index is 12.6. The first-order valence-corrected chi connectivity index (χ1v) is 7.78. The normalized spacial score (nSPS) is 11.7. The zero-order valence-electron chi connectivity index (χ0n) is 13.6. The van der Waals surface area contributed by atoms with E-state index in [1.54, 1.807) is 48.9 Å². The van der Waals surface area contributed by atoms with Gasteiger partial charge < -0.3 is 16.0 Å². The van der Waals surface area contributed by atoms with Gasteiger partial charge >= 0.3 is 0 Å². The number of aromatic nitrogens is 4. The third kappa shape index (κ3) is 3.66. The first-order valence-electron chi connectivity index (χ1n) is 7.78. The van der Waals surface area contributed by atoms with E-state index in [2.05, 4.69) is 20.3 Å². The molecule has 9 nitrogen and oxygen atoms in total. The number of ketones is 1. The van der Waals surface area contributed by atoms with Gasteiger partial charge in [0, 0.05) is 36.9 Å². The topological polar surface area (TPSA) is 136 Å². The summed E-state index contributed by atoms with van der Waals surface area (Å²) in [7, 11) is 0. The Morgan fingerprint density at radius 2 is 2.00 bits per heavy atom. The summed E-state index contributed by atoms with van der Waals surface area (Å²) >= 11 is 0. The van der Waals surface area contributed by atoms with Gasteiger partial charge in [-0.05, 0) is 24.3 Å². The van der Waals surface area contributed by atoms with Crippen molar-refractivity contribution in [2.75, 3.05) is 0 Å². The van der Waals surface area contributed by atoms with Gasteiger partial charge in [0.15, 0.2) is 0 Å². The maximum Gasteiger partial charge on any atom is 0.288 e. The highest BCUT2D eigenvalue weighted by Crippen LogP contribution is 2.08. The number of carbonyl (C=O) groups is 3. The highest BCUT2D eigenvalue weighted by atomic mass is 16.2. The van der Waals surface area contributed by atoms with Crippen LogP contribution in [0, 0.1) is 0 Å². The average Bonchev–Trinajstić information content (AvgIpc) is 3.32. The Morgan fingerprint density at radius 1 is 1.15 bits per heavy atom. The van der Waals surface area contributed by atoms with Gasteiger partial charge in [0.05, 0.1) is 0 Å². The lowest BCUT2D eigenvalue weighted by atomic mass is 10.1. The molecule has 3 rings (SSSR count). The Labute approximate surface area is 148 Å². The number of rotatable bonds is 7. The third-order valence-corrected chi connectivity index (χ3v) is 3.69. The van der Waals surface area contributed by atoms with Crippen molar-refractivity contribution in [2.24, 2.45) is 5.73 Å². The summed E-state index contributed by atoms with van der Waals surface area (Å²) in [5, 5.41) is 2.53. The second kappa shape index (κ2) is 7.43. The second-order valence-electron chi connectivity index (χ2n) is 5.46. The minimum atomic E-state index is -1.12. The molecule has 0 saturated carbocycles. The molecule has 0 aliphatic carbocycles. The predicted octanol–water partition coefficient (Wildman–Crippen LogP) is -0.00910. The molecule has 3 heterocycles. The Morgan fingerprint density at radius 3 is 2.65 bits per heavy atom. The summed E-state index contributed by atoms with van der Waals surface area (Å²) < 4.78 is 1.48. The van der Waals surface area contributed by atoms with Crippen LogP contribution in [0.3, 0.4) is 0 Å². The smallest absolute Gasteiger partial charge is 0.288 e. The maximum atomic E-state index is 12.6. The summed E-state index contributed by atoms with van der Waals surface area (Å²) in [5.74, 6) is -2.08. The van der Waals surface area contributed by atoms with Crippen LogP contribution in [-0.2, 0) is 16.0 Å². The number of nitrogens with one attached hydrogen (secondary N) is 2. The fraction of sp³-hybridized carbons (Fsp3) is 0.118. The fourth-order valence-corrected chi connectivity index (χ4v) is 2.47. The average molecular weight is 352 g/mol. The van der Waals surface area contributed by atoms with Gasteiger partial charge in [-0.1, -0.05) is 6.07 Å². The molecule has 26 heavy (non-hydrogen) atoms. The van der Waals surface area contributed by atoms with Gasteiger partial charge in [0.1, 0.15) is 11.9 Å². The highest BCUT2D eigenvalue weighted by molar-refractivity contribution is 6.38. The van der Waals surface area contributed by atoms with Crippen molar-refractivity contribution in [3.05, 3.63) is 66.6 Å². The number of carbonyl (C=O) groups excluding carboxylic acids is 3. The van der Waals surface area contributed by atoms with Crippen molar-refractivity contribution in [2.45, 2.75) is 12.5 Å². The van der Waals surface area contributed by atoms with E-state index in [9.17, 15) is 14.4 Å². The molecule has 3 aromatic heterocycles. The Hall–Kier alpha value is -3.75. The van der Waals surface area contributed by atoms with Gasteiger partial charge in [-0.25, -0.2) is 9.97 Å². The third-order valence-electron chi connectivity index (χ3n) is 3.69. The van der Waals surface area contributed by atoms with Gasteiger partial charge in [-0.15, -0.1) is 0 Å². The Bertz CT molecular complexity index is 917. The van der Waals surface area contributed by atoms with Crippen molar-refractivity contribution in [1.29, 1.82) is 0 Å². The molecule has 1 atom stereocenters. The van der Waals surface area contributed by atoms with Crippen LogP contribution in [0.2, 0.25) is 0 Å². The summed E-state index contributed by atoms with van der Waals surface area (Å²) in [6.07, 6.45) is 6.38. The van der Waals surface area contributed by atoms with E-state index in [4.69, 9.17) is 5.73 Å². The highest BCUT2D eigenvalue weighted by Gasteiger charge is 2.27. The number of Topliss-reactive ketones (excluding diaryl/α,β-unsaturated/α-hetero) is 1. The van der Waals surface area contributed by atoms with E-state index in [1.807, 2.05) is 0 Å². The number of pyridine rings is 1. The van der Waals surface area contributed by atoms with Crippen molar-refractivity contribution in [3.63, 3.8) is 0 Å². The molecular weight excluding hydrogens is 336 g/mol. The molecule has 132 valence electrons. The molecule has 4 N–H and O–H groups in total. The lowest BCUT2D eigenvalue weighted by molar-refractivity contribution is -0.137. The van der Waals surface area contributed by atoms with Crippen LogP contribution in [0.5, 0.6) is 0 Å². The van der Waals surface area contributed by atoms with E-state index in [0.717, 1.165) is 0 Å². The minimum Gasteiger partial charge on any atom is -0.365 e. The standard InChI is InChI=1S/C17H16N6O3/c18-15(25)14(24)12(10-11-4-3-7-19-11)22-17(26)16-21-8-9-23(16)13-5-1-2-6-20-13/h1-9,12,19H,10H2,(H2,18,25)(H,22,26). The number of nitrogens with two attached hydrogens (primary N) is 1. The van der Waals surface area contributed by atoms with Crippen molar-refractivity contribution in [3.8, 4) is 5.82 Å². The van der Waals surface area contributed by atoms with Crippen LogP contribution < -0.4 is 11.1 Å². The van der Waals surface area contributed by atoms with Gasteiger partial charge in [0.2, 0.25) is 11.6 Å². The summed E-state index contributed by atoms with van der Waals surface area (Å²) in [5.41, 5.74) is 5.78. The Balaban J connectivity index is 1.83. The molecule has 1 unspecified atom stereocenters. The molecule has 0 aliphatic heterocycles. The van der Waals surface area contributed by atoms with Crippen LogP contribution >= 0.6 is 0 Å². The monoisotopic (exact) mass is 352 g/mol. The SMILES string of the molecule is NC(=O)C(=O)C(Cc1ccc[nH]1)NC(=O)c1nccn1-c1ccccn1. The first kappa shape index (κ1) is 17.1. The molecule has 3 aromatic rings. The lowest BCUT2D eigenvalue weighted by Gasteiger charge is -2.16. The molecule has 2 amide bonds. The minimum absolute atomic E-state index is 0.0393. The molecule has 0 fully saturated rings. The zero-order valence-corrected chi connectivity index (χ0v) is 13.6. The van der Waals surface area contributed by atoms with E-state index in [-0.39, 0.29) is 12.2 Å². The van der Waals surface area contributed by atoms with Gasteiger partial charge in [0.25, 0.3) is 11.8 Å². The van der Waals surface area contributed by atoms with Crippen LogP contribution in [0.15, 0.2) is 55.1 Å². The number of aromatic amines is 1. The number of hydrogen-bond donors (Lipinski definition) is 3. The number of imidazole rings is 1. The predicted molar refractivity (Wildman–Crippen MR) is 91.3 cm³/mol. The van der Waals surface area contributed by atoms with Crippen molar-refractivity contribution < 1.29 is 14.4 Å². The molecular formula is C17H16N6O3. The van der Waals surface area contributed by atoms with E-state index in [1.165, 1.54) is 10.8 Å². The van der Waals surface area contributed by atoms with Crippen LogP contribution in [0.25, 0.3) is 5.82 Å². The van der Waals surface area contributed by atoms with Gasteiger partial charge in [-0.2, -0.15) is 0 Å². The quantitative estimate of drug-likeness (QED) is 0.514. The number of hydrogen-bond acceptors (Lipinski definition) is 5. The molecule has 0 saturated heterocycles. The number of H-pyrrole nitrogens is 1. The second-order valence-corrected chi connectivity index (χ2v) is 5.46. The van der Waals surface area contributed by atoms with Crippen molar-refractivity contribution in [1.82, 2.24) is 24.8 Å².